The fourth-order valence-corrected chi connectivity index (χ4v) is 3.33. The van der Waals surface area contributed by atoms with Gasteiger partial charge in [0.05, 0.1) is 6.61 Å². The molecule has 0 radical (unpaired) electrons. The minimum atomic E-state index is -0.249. The first-order chi connectivity index (χ1) is 8.87. The number of ether oxygens (including phenoxy) is 1. The van der Waals surface area contributed by atoms with Crippen molar-refractivity contribution in [1.82, 2.24) is 5.32 Å². The summed E-state index contributed by atoms with van der Waals surface area (Å²) in [5, 5.41) is 2.95. The second-order valence-electron chi connectivity index (χ2n) is 7.20. The SMILES string of the molecule is CCCCCOC(=O)NCC1(C)CCCC(C)(C)C1. The Balaban J connectivity index is 2.25. The van der Waals surface area contributed by atoms with Crippen molar-refractivity contribution in [3.05, 3.63) is 0 Å². The van der Waals surface area contributed by atoms with Crippen LogP contribution in [0.3, 0.4) is 0 Å². The highest BCUT2D eigenvalue weighted by atomic mass is 16.5. The van der Waals surface area contributed by atoms with Crippen LogP contribution in [0.4, 0.5) is 4.79 Å². The monoisotopic (exact) mass is 269 g/mol. The summed E-state index contributed by atoms with van der Waals surface area (Å²) in [6.07, 6.45) is 7.93. The molecule has 112 valence electrons. The molecule has 1 aliphatic rings. The molecule has 3 heteroatoms. The Morgan fingerprint density at radius 2 is 1.95 bits per heavy atom. The number of hydrogen-bond donors (Lipinski definition) is 1. The maximum atomic E-state index is 11.6. The van der Waals surface area contributed by atoms with E-state index in [2.05, 4.69) is 33.0 Å². The van der Waals surface area contributed by atoms with Crippen molar-refractivity contribution in [1.29, 1.82) is 0 Å². The predicted octanol–water partition coefficient (Wildman–Crippen LogP) is 4.51. The molecular formula is C16H31NO2. The van der Waals surface area contributed by atoms with Crippen molar-refractivity contribution in [2.45, 2.75) is 72.6 Å². The topological polar surface area (TPSA) is 38.3 Å². The lowest BCUT2D eigenvalue weighted by Crippen LogP contribution is -2.41. The molecule has 1 unspecified atom stereocenters. The van der Waals surface area contributed by atoms with E-state index < -0.39 is 0 Å². The highest BCUT2D eigenvalue weighted by Crippen LogP contribution is 2.45. The van der Waals surface area contributed by atoms with E-state index in [9.17, 15) is 4.79 Å². The zero-order valence-corrected chi connectivity index (χ0v) is 13.2. The van der Waals surface area contributed by atoms with E-state index in [1.54, 1.807) is 0 Å². The molecule has 0 aliphatic heterocycles. The number of carbonyl (C=O) groups excluding carboxylic acids is 1. The van der Waals surface area contributed by atoms with Gasteiger partial charge in [-0.3, -0.25) is 0 Å². The third-order valence-electron chi connectivity index (χ3n) is 4.18. The van der Waals surface area contributed by atoms with E-state index in [1.807, 2.05) is 0 Å². The number of alkyl carbamates (subject to hydrolysis) is 1. The van der Waals surface area contributed by atoms with Crippen molar-refractivity contribution >= 4 is 6.09 Å². The molecule has 0 spiro atoms. The summed E-state index contributed by atoms with van der Waals surface area (Å²) in [5.74, 6) is 0. The zero-order chi connectivity index (χ0) is 14.4. The minimum Gasteiger partial charge on any atom is -0.450 e. The molecule has 19 heavy (non-hydrogen) atoms. The molecule has 1 amide bonds. The van der Waals surface area contributed by atoms with E-state index in [0.717, 1.165) is 25.8 Å². The quantitative estimate of drug-likeness (QED) is 0.720. The lowest BCUT2D eigenvalue weighted by atomic mass is 9.64. The summed E-state index contributed by atoms with van der Waals surface area (Å²) >= 11 is 0. The number of amides is 1. The first-order valence-electron chi connectivity index (χ1n) is 7.78. The number of rotatable bonds is 6. The Hall–Kier alpha value is -0.730. The van der Waals surface area contributed by atoms with Gasteiger partial charge in [0, 0.05) is 6.54 Å². The van der Waals surface area contributed by atoms with Gasteiger partial charge in [0.1, 0.15) is 0 Å². The lowest BCUT2D eigenvalue weighted by Gasteiger charge is -2.42. The van der Waals surface area contributed by atoms with Gasteiger partial charge in [0.25, 0.3) is 0 Å². The normalized spacial score (nSPS) is 25.9. The van der Waals surface area contributed by atoms with Crippen LogP contribution in [0.1, 0.15) is 72.6 Å². The first kappa shape index (κ1) is 16.3. The maximum absolute atomic E-state index is 11.6. The van der Waals surface area contributed by atoms with Crippen LogP contribution >= 0.6 is 0 Å². The van der Waals surface area contributed by atoms with Gasteiger partial charge in [0.2, 0.25) is 0 Å². The van der Waals surface area contributed by atoms with Gasteiger partial charge in [-0.25, -0.2) is 4.79 Å². The lowest BCUT2D eigenvalue weighted by molar-refractivity contribution is 0.0904. The summed E-state index contributed by atoms with van der Waals surface area (Å²) in [5.41, 5.74) is 0.629. The van der Waals surface area contributed by atoms with Crippen molar-refractivity contribution in [2.24, 2.45) is 10.8 Å². The Labute approximate surface area is 118 Å². The van der Waals surface area contributed by atoms with E-state index in [0.29, 0.717) is 12.0 Å². The van der Waals surface area contributed by atoms with Crippen LogP contribution in [0, 0.1) is 10.8 Å². The molecule has 1 N–H and O–H groups in total. The van der Waals surface area contributed by atoms with E-state index in [1.165, 1.54) is 25.7 Å². The van der Waals surface area contributed by atoms with E-state index in [-0.39, 0.29) is 11.5 Å². The van der Waals surface area contributed by atoms with Crippen LogP contribution in [0.2, 0.25) is 0 Å². The molecule has 1 aliphatic carbocycles. The fourth-order valence-electron chi connectivity index (χ4n) is 3.33. The fraction of sp³-hybridized carbons (Fsp3) is 0.938. The molecule has 3 nitrogen and oxygen atoms in total. The molecule has 0 saturated heterocycles. The van der Waals surface area contributed by atoms with Crippen LogP contribution in [0.25, 0.3) is 0 Å². The van der Waals surface area contributed by atoms with E-state index >= 15 is 0 Å². The first-order valence-corrected chi connectivity index (χ1v) is 7.78. The number of hydrogen-bond acceptors (Lipinski definition) is 2. The van der Waals surface area contributed by atoms with Crippen molar-refractivity contribution in [3.63, 3.8) is 0 Å². The van der Waals surface area contributed by atoms with Crippen LogP contribution in [0.15, 0.2) is 0 Å². The number of unbranched alkanes of at least 4 members (excludes halogenated alkanes) is 2. The Morgan fingerprint density at radius 3 is 2.58 bits per heavy atom. The highest BCUT2D eigenvalue weighted by Gasteiger charge is 2.36. The molecule has 1 saturated carbocycles. The van der Waals surface area contributed by atoms with Gasteiger partial charge >= 0.3 is 6.09 Å². The van der Waals surface area contributed by atoms with Crippen molar-refractivity contribution < 1.29 is 9.53 Å². The molecule has 0 aromatic heterocycles. The van der Waals surface area contributed by atoms with Gasteiger partial charge in [-0.2, -0.15) is 0 Å². The zero-order valence-electron chi connectivity index (χ0n) is 13.2. The molecule has 1 fully saturated rings. The largest absolute Gasteiger partial charge is 0.450 e. The minimum absolute atomic E-state index is 0.226. The second kappa shape index (κ2) is 7.16. The van der Waals surface area contributed by atoms with Gasteiger partial charge in [-0.05, 0) is 36.5 Å². The van der Waals surface area contributed by atoms with E-state index in [4.69, 9.17) is 4.74 Å². The molecule has 0 aromatic rings. The molecule has 1 atom stereocenters. The van der Waals surface area contributed by atoms with Gasteiger partial charge in [0.15, 0.2) is 0 Å². The predicted molar refractivity (Wildman–Crippen MR) is 79.2 cm³/mol. The average molecular weight is 269 g/mol. The molecular weight excluding hydrogens is 238 g/mol. The third kappa shape index (κ3) is 6.31. The molecule has 0 aromatic carbocycles. The smallest absolute Gasteiger partial charge is 0.407 e. The van der Waals surface area contributed by atoms with Crippen LogP contribution in [-0.4, -0.2) is 19.2 Å². The van der Waals surface area contributed by atoms with Gasteiger partial charge in [-0.15, -0.1) is 0 Å². The molecule has 1 rings (SSSR count). The molecule has 0 bridgehead atoms. The average Bonchev–Trinajstić information content (AvgIpc) is 2.31. The highest BCUT2D eigenvalue weighted by molar-refractivity contribution is 5.67. The third-order valence-corrected chi connectivity index (χ3v) is 4.18. The van der Waals surface area contributed by atoms with Crippen LogP contribution in [-0.2, 0) is 4.74 Å². The summed E-state index contributed by atoms with van der Waals surface area (Å²) in [6.45, 7) is 10.4. The van der Waals surface area contributed by atoms with Gasteiger partial charge < -0.3 is 10.1 Å². The standard InChI is InChI=1S/C16H31NO2/c1-5-6-7-11-19-14(18)17-13-16(4)10-8-9-15(2,3)12-16/h5-13H2,1-4H3,(H,17,18). The summed E-state index contributed by atoms with van der Waals surface area (Å²) in [4.78, 5) is 11.6. The number of nitrogens with one attached hydrogen (secondary N) is 1. The van der Waals surface area contributed by atoms with Crippen molar-refractivity contribution in [3.8, 4) is 0 Å². The summed E-state index contributed by atoms with van der Waals surface area (Å²) in [6, 6.07) is 0. The summed E-state index contributed by atoms with van der Waals surface area (Å²) < 4.78 is 5.18. The second-order valence-corrected chi connectivity index (χ2v) is 7.20. The summed E-state index contributed by atoms with van der Waals surface area (Å²) in [7, 11) is 0. The van der Waals surface area contributed by atoms with Gasteiger partial charge in [-0.1, -0.05) is 47.0 Å². The van der Waals surface area contributed by atoms with Crippen molar-refractivity contribution in [2.75, 3.05) is 13.2 Å². The van der Waals surface area contributed by atoms with Crippen LogP contribution < -0.4 is 5.32 Å². The molecule has 0 heterocycles. The Kier molecular flexibility index (Phi) is 6.15. The maximum Gasteiger partial charge on any atom is 0.407 e. The Morgan fingerprint density at radius 1 is 1.21 bits per heavy atom. The number of carbonyl (C=O) groups is 1. The van der Waals surface area contributed by atoms with Crippen LogP contribution in [0.5, 0.6) is 0 Å². The Bertz CT molecular complexity index is 288.